The van der Waals surface area contributed by atoms with Gasteiger partial charge in [0.2, 0.25) is 0 Å². The Hall–Kier alpha value is -4.71. The third-order valence-electron chi connectivity index (χ3n) is 9.67. The summed E-state index contributed by atoms with van der Waals surface area (Å²) in [6.07, 6.45) is 3.94. The molecule has 0 saturated carbocycles. The highest BCUT2D eigenvalue weighted by molar-refractivity contribution is 5.75. The van der Waals surface area contributed by atoms with E-state index in [9.17, 15) is 4.79 Å². The molecule has 0 aromatic heterocycles. The number of ether oxygens (including phenoxy) is 3. The van der Waals surface area contributed by atoms with E-state index in [0.29, 0.717) is 26.2 Å². The molecule has 50 heavy (non-hydrogen) atoms. The Morgan fingerprint density at radius 2 is 1.40 bits per heavy atom. The summed E-state index contributed by atoms with van der Waals surface area (Å²) in [6, 6.07) is 43.7. The van der Waals surface area contributed by atoms with Gasteiger partial charge < -0.3 is 14.2 Å². The van der Waals surface area contributed by atoms with Gasteiger partial charge in [-0.2, -0.15) is 0 Å². The van der Waals surface area contributed by atoms with Crippen molar-refractivity contribution in [3.63, 3.8) is 0 Å². The Balaban J connectivity index is 1.20. The molecule has 0 fully saturated rings. The number of hydrogen-bond donors (Lipinski definition) is 0. The van der Waals surface area contributed by atoms with E-state index in [1.54, 1.807) is 0 Å². The topological polar surface area (TPSA) is 48.0 Å². The normalized spacial score (nSPS) is 14.4. The van der Waals surface area contributed by atoms with Gasteiger partial charge in [-0.1, -0.05) is 109 Å². The fraction of sp³-hybridized carbons (Fsp3) is 0.311. The van der Waals surface area contributed by atoms with E-state index in [1.165, 1.54) is 44.5 Å². The van der Waals surface area contributed by atoms with Crippen molar-refractivity contribution in [1.29, 1.82) is 0 Å². The van der Waals surface area contributed by atoms with Gasteiger partial charge in [0.25, 0.3) is 0 Å². The molecule has 6 rings (SSSR count). The average molecular weight is 668 g/mol. The van der Waals surface area contributed by atoms with Crippen molar-refractivity contribution >= 4 is 5.97 Å². The molecule has 0 aliphatic heterocycles. The van der Waals surface area contributed by atoms with Gasteiger partial charge >= 0.3 is 5.97 Å². The zero-order chi connectivity index (χ0) is 34.7. The second-order valence-corrected chi connectivity index (χ2v) is 13.1. The number of esters is 1. The third-order valence-corrected chi connectivity index (χ3v) is 9.67. The van der Waals surface area contributed by atoms with Crippen LogP contribution in [0.2, 0.25) is 0 Å². The van der Waals surface area contributed by atoms with Crippen LogP contribution >= 0.6 is 0 Å². The Bertz CT molecular complexity index is 1820. The van der Waals surface area contributed by atoms with E-state index >= 15 is 0 Å². The Labute approximate surface area is 297 Å². The molecule has 5 aromatic rings. The first-order chi connectivity index (χ1) is 24.5. The number of fused-ring (bicyclic) bond motifs is 2. The van der Waals surface area contributed by atoms with Crippen LogP contribution in [0, 0.1) is 0 Å². The van der Waals surface area contributed by atoms with Gasteiger partial charge in [0.15, 0.2) is 6.10 Å². The SMILES string of the molecule is CCOC(=O)C(Cc1ccc(OCCN(C)C2c3ccc(-c4ccccc4)cc3CCc3ccc(CCc4ccccc4)cc32)cc1)OCC. The zero-order valence-corrected chi connectivity index (χ0v) is 29.6. The van der Waals surface area contributed by atoms with Gasteiger partial charge in [0.1, 0.15) is 12.4 Å². The molecule has 5 aromatic carbocycles. The fourth-order valence-corrected chi connectivity index (χ4v) is 7.05. The minimum absolute atomic E-state index is 0.119. The number of carbonyl (C=O) groups is 1. The van der Waals surface area contributed by atoms with Crippen molar-refractivity contribution in [2.75, 3.05) is 33.4 Å². The van der Waals surface area contributed by atoms with Gasteiger partial charge in [-0.3, -0.25) is 4.90 Å². The van der Waals surface area contributed by atoms with E-state index in [1.807, 2.05) is 38.1 Å². The number of aryl methyl sites for hydroxylation is 4. The van der Waals surface area contributed by atoms with Crippen LogP contribution in [-0.4, -0.2) is 50.4 Å². The van der Waals surface area contributed by atoms with Crippen LogP contribution in [0.1, 0.15) is 58.8 Å². The smallest absolute Gasteiger partial charge is 0.335 e. The molecule has 1 aliphatic carbocycles. The van der Waals surface area contributed by atoms with Crippen molar-refractivity contribution in [3.05, 3.63) is 160 Å². The third kappa shape index (κ3) is 8.90. The molecule has 0 heterocycles. The van der Waals surface area contributed by atoms with Crippen molar-refractivity contribution in [3.8, 4) is 16.9 Å². The molecule has 0 bridgehead atoms. The lowest BCUT2D eigenvalue weighted by Crippen LogP contribution is -2.30. The molecule has 2 unspecified atom stereocenters. The highest BCUT2D eigenvalue weighted by Crippen LogP contribution is 2.38. The summed E-state index contributed by atoms with van der Waals surface area (Å²) in [5, 5.41) is 0. The average Bonchev–Trinajstić information content (AvgIpc) is 3.31. The van der Waals surface area contributed by atoms with Gasteiger partial charge in [-0.25, -0.2) is 4.79 Å². The minimum Gasteiger partial charge on any atom is -0.492 e. The summed E-state index contributed by atoms with van der Waals surface area (Å²) in [6.45, 7) is 5.80. The maximum atomic E-state index is 12.3. The molecule has 0 saturated heterocycles. The van der Waals surface area contributed by atoms with Gasteiger partial charge in [0, 0.05) is 19.6 Å². The van der Waals surface area contributed by atoms with Crippen molar-refractivity contribution in [1.82, 2.24) is 4.90 Å². The molecule has 0 radical (unpaired) electrons. The maximum absolute atomic E-state index is 12.3. The molecular formula is C45H49NO4. The van der Waals surface area contributed by atoms with Crippen LogP contribution in [0.25, 0.3) is 11.1 Å². The predicted octanol–water partition coefficient (Wildman–Crippen LogP) is 8.85. The van der Waals surface area contributed by atoms with Gasteiger partial charge in [0.05, 0.1) is 12.6 Å². The number of nitrogens with zero attached hydrogens (tertiary/aromatic N) is 1. The van der Waals surface area contributed by atoms with E-state index in [2.05, 4.69) is 109 Å². The fourth-order valence-electron chi connectivity index (χ4n) is 7.05. The lowest BCUT2D eigenvalue weighted by atomic mass is 9.90. The number of hydrogen-bond acceptors (Lipinski definition) is 5. The second kappa shape index (κ2) is 17.3. The van der Waals surface area contributed by atoms with Crippen LogP contribution in [-0.2, 0) is 46.4 Å². The summed E-state index contributed by atoms with van der Waals surface area (Å²) in [7, 11) is 2.22. The highest BCUT2D eigenvalue weighted by Gasteiger charge is 2.28. The standard InChI is InChI=1S/C45H49NO4/c1-4-48-43(45(47)49-5-2)31-35-19-25-40(26-20-35)50-29-28-46(3)44-41-27-24-38(36-14-10-7-11-15-36)32-39(41)23-22-37-21-18-34(30-42(37)44)17-16-33-12-8-6-9-13-33/h6-15,18-21,24-27,30,32,43-44H,4-5,16-17,22-23,28-29,31H2,1-3H3. The van der Waals surface area contributed by atoms with E-state index in [0.717, 1.165) is 43.5 Å². The van der Waals surface area contributed by atoms with Crippen LogP contribution in [0.5, 0.6) is 5.75 Å². The zero-order valence-electron chi connectivity index (χ0n) is 29.6. The molecule has 0 spiro atoms. The second-order valence-electron chi connectivity index (χ2n) is 13.1. The van der Waals surface area contributed by atoms with E-state index < -0.39 is 6.10 Å². The molecule has 1 aliphatic rings. The predicted molar refractivity (Wildman–Crippen MR) is 202 cm³/mol. The minimum atomic E-state index is -0.603. The Morgan fingerprint density at radius 3 is 2.14 bits per heavy atom. The van der Waals surface area contributed by atoms with Crippen LogP contribution in [0.4, 0.5) is 0 Å². The molecule has 0 N–H and O–H groups in total. The maximum Gasteiger partial charge on any atom is 0.335 e. The van der Waals surface area contributed by atoms with Crippen LogP contribution in [0.15, 0.2) is 121 Å². The largest absolute Gasteiger partial charge is 0.492 e. The first-order valence-electron chi connectivity index (χ1n) is 18.1. The summed E-state index contributed by atoms with van der Waals surface area (Å²) in [5.41, 5.74) is 11.9. The van der Waals surface area contributed by atoms with Gasteiger partial charge in [-0.05, 0) is 109 Å². The molecule has 5 nitrogen and oxygen atoms in total. The van der Waals surface area contributed by atoms with E-state index in [-0.39, 0.29) is 12.0 Å². The number of benzene rings is 5. The number of carbonyl (C=O) groups excluding carboxylic acids is 1. The first kappa shape index (κ1) is 35.1. The number of likely N-dealkylation sites (N-methyl/N-ethyl adjacent to an activating group) is 1. The number of rotatable bonds is 15. The summed E-state index contributed by atoms with van der Waals surface area (Å²) >= 11 is 0. The lowest BCUT2D eigenvalue weighted by Gasteiger charge is -2.31. The summed E-state index contributed by atoms with van der Waals surface area (Å²) in [4.78, 5) is 14.8. The van der Waals surface area contributed by atoms with E-state index in [4.69, 9.17) is 14.2 Å². The van der Waals surface area contributed by atoms with Crippen molar-refractivity contribution < 1.29 is 19.0 Å². The highest BCUT2D eigenvalue weighted by atomic mass is 16.6. The van der Waals surface area contributed by atoms with Crippen LogP contribution < -0.4 is 4.74 Å². The molecule has 5 heteroatoms. The lowest BCUT2D eigenvalue weighted by molar-refractivity contribution is -0.156. The van der Waals surface area contributed by atoms with Crippen LogP contribution in [0.3, 0.4) is 0 Å². The van der Waals surface area contributed by atoms with Gasteiger partial charge in [-0.15, -0.1) is 0 Å². The molecule has 0 amide bonds. The molecule has 2 atom stereocenters. The Morgan fingerprint density at radius 1 is 0.700 bits per heavy atom. The quantitative estimate of drug-likeness (QED) is 0.104. The first-order valence-corrected chi connectivity index (χ1v) is 18.1. The molecular weight excluding hydrogens is 618 g/mol. The summed E-state index contributed by atoms with van der Waals surface area (Å²) < 4.78 is 17.1. The molecule has 258 valence electrons. The monoisotopic (exact) mass is 667 g/mol. The Kier molecular flexibility index (Phi) is 12.1. The van der Waals surface area contributed by atoms with Crippen molar-refractivity contribution in [2.45, 2.75) is 58.1 Å². The summed E-state index contributed by atoms with van der Waals surface area (Å²) in [5.74, 6) is 0.489. The van der Waals surface area contributed by atoms with Crippen molar-refractivity contribution in [2.24, 2.45) is 0 Å².